The quantitative estimate of drug-likeness (QED) is 0.883. The maximum atomic E-state index is 13.2. The third-order valence-corrected chi connectivity index (χ3v) is 5.67. The molecule has 1 atom stereocenters. The molecule has 1 amide bonds. The van der Waals surface area contributed by atoms with Crippen LogP contribution in [0, 0.1) is 5.82 Å². The maximum absolute atomic E-state index is 13.2. The van der Waals surface area contributed by atoms with E-state index < -0.39 is 26.9 Å². The van der Waals surface area contributed by atoms with Crippen molar-refractivity contribution in [3.8, 4) is 5.75 Å². The molecule has 1 unspecified atom stereocenters. The lowest BCUT2D eigenvalue weighted by atomic mass is 10.1. The number of carbonyl (C=O) groups excluding carboxylic acids is 1. The zero-order valence-corrected chi connectivity index (χ0v) is 12.4. The first-order valence-electron chi connectivity index (χ1n) is 5.87. The number of amides is 1. The van der Waals surface area contributed by atoms with E-state index in [0.29, 0.717) is 5.75 Å². The standard InChI is InChI=1S/C12H14FNO4S2/c1-20(17,18)11-7-19-5-4-14(11)12(16)9-6-8(13)2-3-10(9)15/h2-3,6,11,15H,4-5,7H2,1H3. The first-order valence-corrected chi connectivity index (χ1v) is 8.97. The minimum Gasteiger partial charge on any atom is -0.507 e. The van der Waals surface area contributed by atoms with Crippen LogP contribution in [0.5, 0.6) is 5.75 Å². The van der Waals surface area contributed by atoms with Crippen LogP contribution in [0.3, 0.4) is 0 Å². The molecule has 2 rings (SSSR count). The number of hydrogen-bond donors (Lipinski definition) is 1. The lowest BCUT2D eigenvalue weighted by molar-refractivity contribution is 0.0746. The highest BCUT2D eigenvalue weighted by molar-refractivity contribution is 8.00. The topological polar surface area (TPSA) is 74.7 Å². The lowest BCUT2D eigenvalue weighted by Crippen LogP contribution is -2.49. The largest absolute Gasteiger partial charge is 0.507 e. The van der Waals surface area contributed by atoms with Gasteiger partial charge >= 0.3 is 0 Å². The summed E-state index contributed by atoms with van der Waals surface area (Å²) in [7, 11) is -3.44. The summed E-state index contributed by atoms with van der Waals surface area (Å²) in [5, 5.41) is 8.71. The Kier molecular flexibility index (Phi) is 4.24. The Labute approximate surface area is 120 Å². The summed E-state index contributed by atoms with van der Waals surface area (Å²) in [6.07, 6.45) is 1.06. The number of nitrogens with zero attached hydrogens (tertiary/aromatic N) is 1. The SMILES string of the molecule is CS(=O)(=O)C1CSCCN1C(=O)c1cc(F)ccc1O. The molecule has 0 aromatic heterocycles. The van der Waals surface area contributed by atoms with Crippen LogP contribution in [-0.2, 0) is 9.84 Å². The number of aromatic hydroxyl groups is 1. The van der Waals surface area contributed by atoms with Crippen LogP contribution >= 0.6 is 11.8 Å². The van der Waals surface area contributed by atoms with Crippen LogP contribution in [0.2, 0.25) is 0 Å². The first-order chi connectivity index (χ1) is 9.30. The molecule has 0 radical (unpaired) electrons. The predicted octanol–water partition coefficient (Wildman–Crippen LogP) is 1.09. The molecular weight excluding hydrogens is 305 g/mol. The van der Waals surface area contributed by atoms with Crippen LogP contribution in [0.1, 0.15) is 10.4 Å². The zero-order valence-electron chi connectivity index (χ0n) is 10.7. The van der Waals surface area contributed by atoms with Crippen LogP contribution in [0.15, 0.2) is 18.2 Å². The Morgan fingerprint density at radius 2 is 2.20 bits per heavy atom. The number of phenols is 1. The monoisotopic (exact) mass is 319 g/mol. The van der Waals surface area contributed by atoms with Gasteiger partial charge in [0, 0.05) is 24.3 Å². The van der Waals surface area contributed by atoms with Crippen molar-refractivity contribution in [1.29, 1.82) is 0 Å². The molecule has 1 aromatic rings. The van der Waals surface area contributed by atoms with Crippen LogP contribution in [-0.4, -0.2) is 54.0 Å². The van der Waals surface area contributed by atoms with E-state index in [0.717, 1.165) is 24.5 Å². The molecule has 1 aromatic carbocycles. The van der Waals surface area contributed by atoms with Crippen LogP contribution < -0.4 is 0 Å². The summed E-state index contributed by atoms with van der Waals surface area (Å²) >= 11 is 1.44. The summed E-state index contributed by atoms with van der Waals surface area (Å²) in [5.41, 5.74) is -0.217. The molecule has 1 saturated heterocycles. The summed E-state index contributed by atoms with van der Waals surface area (Å²) in [5.74, 6) is -0.804. The van der Waals surface area contributed by atoms with Gasteiger partial charge in [-0.3, -0.25) is 4.79 Å². The number of thioether (sulfide) groups is 1. The van der Waals surface area contributed by atoms with Gasteiger partial charge in [-0.1, -0.05) is 0 Å². The van der Waals surface area contributed by atoms with Gasteiger partial charge in [0.2, 0.25) is 0 Å². The second kappa shape index (κ2) is 5.61. The summed E-state index contributed by atoms with van der Waals surface area (Å²) in [4.78, 5) is 13.5. The molecule has 0 bridgehead atoms. The van der Waals surface area contributed by atoms with Crippen molar-refractivity contribution in [1.82, 2.24) is 4.90 Å². The van der Waals surface area contributed by atoms with Gasteiger partial charge in [-0.15, -0.1) is 0 Å². The van der Waals surface area contributed by atoms with Crippen molar-refractivity contribution in [3.05, 3.63) is 29.6 Å². The Hall–Kier alpha value is -1.28. The number of sulfone groups is 1. The Balaban J connectivity index is 2.37. The number of carbonyl (C=O) groups is 1. The van der Waals surface area contributed by atoms with Gasteiger partial charge in [0.05, 0.1) is 5.56 Å². The van der Waals surface area contributed by atoms with Gasteiger partial charge in [0.25, 0.3) is 5.91 Å². The van der Waals surface area contributed by atoms with Crippen molar-refractivity contribution in [2.45, 2.75) is 5.37 Å². The average Bonchev–Trinajstić information content (AvgIpc) is 2.40. The lowest BCUT2D eigenvalue weighted by Gasteiger charge is -2.34. The van der Waals surface area contributed by atoms with Gasteiger partial charge in [0.15, 0.2) is 9.84 Å². The molecule has 110 valence electrons. The molecule has 1 heterocycles. The van der Waals surface area contributed by atoms with Crippen LogP contribution in [0.25, 0.3) is 0 Å². The Morgan fingerprint density at radius 3 is 2.85 bits per heavy atom. The zero-order chi connectivity index (χ0) is 14.9. The van der Waals surface area contributed by atoms with Gasteiger partial charge in [0.1, 0.15) is 16.9 Å². The van der Waals surface area contributed by atoms with E-state index >= 15 is 0 Å². The third kappa shape index (κ3) is 3.06. The molecule has 1 aliphatic heterocycles. The smallest absolute Gasteiger partial charge is 0.258 e. The molecule has 5 nitrogen and oxygen atoms in total. The van der Waals surface area contributed by atoms with E-state index in [1.807, 2.05) is 0 Å². The first kappa shape index (κ1) is 15.1. The second-order valence-corrected chi connectivity index (χ2v) is 7.87. The van der Waals surface area contributed by atoms with E-state index in [1.165, 1.54) is 16.7 Å². The minimum atomic E-state index is -3.44. The van der Waals surface area contributed by atoms with E-state index in [2.05, 4.69) is 0 Å². The fourth-order valence-electron chi connectivity index (χ4n) is 2.00. The molecule has 0 spiro atoms. The fraction of sp³-hybridized carbons (Fsp3) is 0.417. The highest BCUT2D eigenvalue weighted by atomic mass is 32.2. The van der Waals surface area contributed by atoms with Gasteiger partial charge < -0.3 is 10.0 Å². The summed E-state index contributed by atoms with van der Waals surface area (Å²) in [6.45, 7) is 0.247. The van der Waals surface area contributed by atoms with Crippen molar-refractivity contribution in [2.75, 3.05) is 24.3 Å². The van der Waals surface area contributed by atoms with E-state index in [4.69, 9.17) is 0 Å². The highest BCUT2D eigenvalue weighted by Crippen LogP contribution is 2.26. The minimum absolute atomic E-state index is 0.217. The van der Waals surface area contributed by atoms with Gasteiger partial charge in [-0.05, 0) is 18.2 Å². The van der Waals surface area contributed by atoms with Crippen molar-refractivity contribution >= 4 is 27.5 Å². The van der Waals surface area contributed by atoms with Crippen molar-refractivity contribution in [3.63, 3.8) is 0 Å². The molecule has 0 saturated carbocycles. The maximum Gasteiger partial charge on any atom is 0.258 e. The predicted molar refractivity (Wildman–Crippen MR) is 75.1 cm³/mol. The van der Waals surface area contributed by atoms with E-state index in [-0.39, 0.29) is 23.6 Å². The Bertz CT molecular complexity index is 632. The number of halogens is 1. The second-order valence-electron chi connectivity index (χ2n) is 4.52. The van der Waals surface area contributed by atoms with Crippen LogP contribution in [0.4, 0.5) is 4.39 Å². The molecule has 8 heteroatoms. The molecule has 1 aliphatic rings. The third-order valence-electron chi connectivity index (χ3n) is 3.03. The normalized spacial score (nSPS) is 19.9. The van der Waals surface area contributed by atoms with Crippen molar-refractivity contribution in [2.24, 2.45) is 0 Å². The number of hydrogen-bond acceptors (Lipinski definition) is 5. The summed E-state index contributed by atoms with van der Waals surface area (Å²) in [6, 6.07) is 3.03. The molecule has 20 heavy (non-hydrogen) atoms. The molecule has 0 aliphatic carbocycles. The number of phenolic OH excluding ortho intramolecular Hbond substituents is 1. The molecule has 1 N–H and O–H groups in total. The van der Waals surface area contributed by atoms with Crippen molar-refractivity contribution < 1.29 is 22.7 Å². The van der Waals surface area contributed by atoms with Gasteiger partial charge in [-0.2, -0.15) is 11.8 Å². The number of rotatable bonds is 2. The Morgan fingerprint density at radius 1 is 1.50 bits per heavy atom. The average molecular weight is 319 g/mol. The molecule has 1 fully saturated rings. The van der Waals surface area contributed by atoms with Gasteiger partial charge in [-0.25, -0.2) is 12.8 Å². The summed E-state index contributed by atoms with van der Waals surface area (Å²) < 4.78 is 36.7. The highest BCUT2D eigenvalue weighted by Gasteiger charge is 2.35. The number of benzene rings is 1. The fourth-order valence-corrected chi connectivity index (χ4v) is 4.82. The van der Waals surface area contributed by atoms with E-state index in [1.54, 1.807) is 0 Å². The van der Waals surface area contributed by atoms with E-state index in [9.17, 15) is 22.7 Å². The molecular formula is C12H14FNO4S2.